The number of thioether (sulfide) groups is 1. The van der Waals surface area contributed by atoms with E-state index in [1.807, 2.05) is 13.8 Å². The second kappa shape index (κ2) is 6.60. The number of benzene rings is 1. The highest BCUT2D eigenvalue weighted by Crippen LogP contribution is 2.33. The summed E-state index contributed by atoms with van der Waals surface area (Å²) in [5.74, 6) is -0.168. The van der Waals surface area contributed by atoms with Gasteiger partial charge >= 0.3 is 5.97 Å². The maximum atomic E-state index is 13.8. The van der Waals surface area contributed by atoms with Crippen molar-refractivity contribution in [1.82, 2.24) is 14.6 Å². The van der Waals surface area contributed by atoms with Crippen LogP contribution >= 0.6 is 11.8 Å². The van der Waals surface area contributed by atoms with Crippen LogP contribution in [0.15, 0.2) is 41.6 Å². The van der Waals surface area contributed by atoms with E-state index in [0.29, 0.717) is 17.0 Å². The molecule has 0 aliphatic carbocycles. The van der Waals surface area contributed by atoms with E-state index in [0.717, 1.165) is 10.5 Å². The molecule has 1 N–H and O–H groups in total. The Balaban J connectivity index is 1.82. The molecule has 0 amide bonds. The van der Waals surface area contributed by atoms with Gasteiger partial charge in [-0.3, -0.25) is 0 Å². The number of carbonyl (C=O) groups excluding carboxylic acids is 1. The van der Waals surface area contributed by atoms with Gasteiger partial charge in [0.05, 0.1) is 12.2 Å². The van der Waals surface area contributed by atoms with Crippen LogP contribution < -0.4 is 5.32 Å². The van der Waals surface area contributed by atoms with Crippen molar-refractivity contribution in [2.45, 2.75) is 30.0 Å². The number of ether oxygens (including phenoxy) is 1. The molecular formula is C18H17FN4O2S. The number of carbonyl (C=O) groups is 1. The van der Waals surface area contributed by atoms with Gasteiger partial charge in [-0.1, -0.05) is 0 Å². The molecule has 134 valence electrons. The molecule has 0 saturated heterocycles. The molecular weight excluding hydrogens is 355 g/mol. The van der Waals surface area contributed by atoms with Gasteiger partial charge < -0.3 is 10.1 Å². The minimum Gasteiger partial charge on any atom is -0.461 e. The lowest BCUT2D eigenvalue weighted by molar-refractivity contribution is 0.0512. The molecule has 0 saturated carbocycles. The molecule has 1 aromatic carbocycles. The summed E-state index contributed by atoms with van der Waals surface area (Å²) in [6.07, 6.45) is 3.18. The summed E-state index contributed by atoms with van der Waals surface area (Å²) >= 11 is 1.55. The number of rotatable bonds is 0. The number of hydrogen-bond acceptors (Lipinski definition) is 6. The largest absolute Gasteiger partial charge is 0.461 e. The van der Waals surface area contributed by atoms with Crippen LogP contribution in [-0.4, -0.2) is 32.4 Å². The van der Waals surface area contributed by atoms with Crippen LogP contribution in [0.5, 0.6) is 0 Å². The quantitative estimate of drug-likeness (QED) is 0.607. The number of nitrogens with zero attached hydrogens (tertiary/aromatic N) is 3. The van der Waals surface area contributed by atoms with Crippen LogP contribution in [-0.2, 0) is 4.74 Å². The molecule has 1 unspecified atom stereocenters. The first-order valence-corrected chi connectivity index (χ1v) is 9.13. The molecule has 2 bridgehead atoms. The Morgan fingerprint density at radius 2 is 2.19 bits per heavy atom. The number of fused-ring (bicyclic) bond motifs is 2. The summed E-state index contributed by atoms with van der Waals surface area (Å²) in [5.41, 5.74) is 1.58. The summed E-state index contributed by atoms with van der Waals surface area (Å²) < 4.78 is 20.8. The lowest BCUT2D eigenvalue weighted by Crippen LogP contribution is -2.14. The van der Waals surface area contributed by atoms with Crippen LogP contribution in [0.25, 0.3) is 5.65 Å². The van der Waals surface area contributed by atoms with E-state index in [-0.39, 0.29) is 23.7 Å². The first-order valence-electron chi connectivity index (χ1n) is 8.25. The molecule has 1 aliphatic rings. The summed E-state index contributed by atoms with van der Waals surface area (Å²) in [4.78, 5) is 17.8. The van der Waals surface area contributed by atoms with Crippen LogP contribution in [0.4, 0.5) is 10.2 Å². The molecule has 3 aromatic rings. The number of anilines is 1. The number of hydrogen-bond donors (Lipinski definition) is 1. The van der Waals surface area contributed by atoms with Crippen LogP contribution in [0.3, 0.4) is 0 Å². The van der Waals surface area contributed by atoms with Gasteiger partial charge in [0.25, 0.3) is 0 Å². The Hall–Kier alpha value is -2.61. The average molecular weight is 372 g/mol. The molecule has 0 spiro atoms. The van der Waals surface area contributed by atoms with Gasteiger partial charge in [-0.2, -0.15) is 5.10 Å². The second-order valence-corrected chi connectivity index (χ2v) is 7.69. The van der Waals surface area contributed by atoms with Gasteiger partial charge in [0.2, 0.25) is 0 Å². The third-order valence-electron chi connectivity index (χ3n) is 4.17. The summed E-state index contributed by atoms with van der Waals surface area (Å²) in [7, 11) is 0. The topological polar surface area (TPSA) is 68.5 Å². The van der Waals surface area contributed by atoms with E-state index in [1.165, 1.54) is 22.8 Å². The number of halogens is 1. The summed E-state index contributed by atoms with van der Waals surface area (Å²) in [6.45, 7) is 4.15. The van der Waals surface area contributed by atoms with Crippen LogP contribution in [0.1, 0.15) is 35.8 Å². The molecule has 0 radical (unpaired) electrons. The van der Waals surface area contributed by atoms with E-state index in [4.69, 9.17) is 4.74 Å². The molecule has 1 aliphatic heterocycles. The fourth-order valence-corrected chi connectivity index (χ4v) is 3.97. The van der Waals surface area contributed by atoms with Crippen molar-refractivity contribution in [2.75, 3.05) is 11.9 Å². The third kappa shape index (κ3) is 3.12. The zero-order valence-corrected chi connectivity index (χ0v) is 15.1. The van der Waals surface area contributed by atoms with Crippen molar-refractivity contribution >= 4 is 29.2 Å². The zero-order valence-electron chi connectivity index (χ0n) is 14.3. The third-order valence-corrected chi connectivity index (χ3v) is 5.33. The molecule has 4 rings (SSSR count). The van der Waals surface area contributed by atoms with E-state index in [1.54, 1.807) is 30.1 Å². The lowest BCUT2D eigenvalue weighted by Gasteiger charge is -2.20. The standard InChI is InChI=1S/C18H17FN4O2S/c1-10-9-25-18(24)14-8-20-23-6-5-16(22-17(14)23)21-11(2)13-7-12(19)3-4-15(13)26-10/h3-8,10-11H,9H2,1-2H3,(H,21,22)/t10-,11?/m0/s1. The van der Waals surface area contributed by atoms with Crippen molar-refractivity contribution in [3.63, 3.8) is 0 Å². The van der Waals surface area contributed by atoms with Crippen molar-refractivity contribution < 1.29 is 13.9 Å². The Bertz CT molecular complexity index is 990. The fourth-order valence-electron chi connectivity index (χ4n) is 2.88. The summed E-state index contributed by atoms with van der Waals surface area (Å²) in [5, 5.41) is 7.44. The SMILES string of the molecule is CC1Nc2ccn3ncc(c3n2)C(=O)OC[C@H](C)Sc2ccc(F)cc21. The van der Waals surface area contributed by atoms with Crippen molar-refractivity contribution in [1.29, 1.82) is 0 Å². The number of cyclic esters (lactones) is 1. The first-order chi connectivity index (χ1) is 12.5. The second-order valence-electron chi connectivity index (χ2n) is 6.21. The van der Waals surface area contributed by atoms with Gasteiger partial charge in [-0.05, 0) is 43.7 Å². The number of esters is 1. The van der Waals surface area contributed by atoms with Crippen molar-refractivity contribution in [3.8, 4) is 0 Å². The minimum atomic E-state index is -0.455. The Kier molecular flexibility index (Phi) is 4.28. The predicted molar refractivity (Wildman–Crippen MR) is 97.0 cm³/mol. The molecule has 0 fully saturated rings. The Labute approximate surface area is 153 Å². The van der Waals surface area contributed by atoms with E-state index >= 15 is 0 Å². The summed E-state index contributed by atoms with van der Waals surface area (Å²) in [6, 6.07) is 6.33. The highest BCUT2D eigenvalue weighted by molar-refractivity contribution is 8.00. The highest BCUT2D eigenvalue weighted by atomic mass is 32.2. The van der Waals surface area contributed by atoms with E-state index < -0.39 is 5.97 Å². The van der Waals surface area contributed by atoms with Gasteiger partial charge in [-0.25, -0.2) is 18.7 Å². The van der Waals surface area contributed by atoms with E-state index in [2.05, 4.69) is 15.4 Å². The Morgan fingerprint density at radius 1 is 1.35 bits per heavy atom. The number of aromatic nitrogens is 3. The van der Waals surface area contributed by atoms with E-state index in [9.17, 15) is 9.18 Å². The number of nitrogens with one attached hydrogen (secondary N) is 1. The maximum absolute atomic E-state index is 13.8. The lowest BCUT2D eigenvalue weighted by atomic mass is 10.1. The maximum Gasteiger partial charge on any atom is 0.343 e. The normalized spacial score (nSPS) is 20.5. The van der Waals surface area contributed by atoms with Gasteiger partial charge in [0.15, 0.2) is 5.65 Å². The predicted octanol–water partition coefficient (Wildman–Crippen LogP) is 3.69. The first kappa shape index (κ1) is 16.8. The highest BCUT2D eigenvalue weighted by Gasteiger charge is 2.21. The zero-order chi connectivity index (χ0) is 18.3. The van der Waals surface area contributed by atoms with Crippen molar-refractivity contribution in [2.24, 2.45) is 0 Å². The monoisotopic (exact) mass is 372 g/mol. The molecule has 2 aromatic heterocycles. The molecule has 6 nitrogen and oxygen atoms in total. The molecule has 2 atom stereocenters. The molecule has 3 heterocycles. The van der Waals surface area contributed by atoms with Gasteiger partial charge in [0, 0.05) is 16.3 Å². The van der Waals surface area contributed by atoms with Crippen molar-refractivity contribution in [3.05, 3.63) is 53.6 Å². The minimum absolute atomic E-state index is 0.0123. The van der Waals surface area contributed by atoms with Crippen LogP contribution in [0, 0.1) is 5.82 Å². The fraction of sp³-hybridized carbons (Fsp3) is 0.278. The van der Waals surface area contributed by atoms with Gasteiger partial charge in [0.1, 0.15) is 23.8 Å². The Morgan fingerprint density at radius 3 is 3.04 bits per heavy atom. The smallest absolute Gasteiger partial charge is 0.343 e. The molecule has 8 heteroatoms. The van der Waals surface area contributed by atoms with Gasteiger partial charge in [-0.15, -0.1) is 11.8 Å². The molecule has 26 heavy (non-hydrogen) atoms. The van der Waals surface area contributed by atoms with Crippen LogP contribution in [0.2, 0.25) is 0 Å². The average Bonchev–Trinajstić information content (AvgIpc) is 3.03.